The van der Waals surface area contributed by atoms with E-state index in [0.717, 1.165) is 4.52 Å². The number of esters is 1. The lowest BCUT2D eigenvalue weighted by molar-refractivity contribution is 0.0600. The monoisotopic (exact) mass is 375 g/mol. The fourth-order valence-electron chi connectivity index (χ4n) is 2.45. The Morgan fingerprint density at radius 3 is 2.59 bits per heavy atom. The van der Waals surface area contributed by atoms with Crippen LogP contribution in [0.5, 0.6) is 0 Å². The van der Waals surface area contributed by atoms with Gasteiger partial charge in [0.25, 0.3) is 18.1 Å². The minimum absolute atomic E-state index is 0.101. The predicted octanol–water partition coefficient (Wildman–Crippen LogP) is 2.72. The SMILES string of the molecule is COC(=O)c1ccc(C)c(NC(=O)c2nc3nc(C)cc(C(F)F)n3n2)c1. The number of nitrogens with zero attached hydrogens (tertiary/aromatic N) is 4. The Labute approximate surface area is 152 Å². The van der Waals surface area contributed by atoms with Crippen molar-refractivity contribution >= 4 is 23.3 Å². The van der Waals surface area contributed by atoms with Gasteiger partial charge in [0.2, 0.25) is 5.82 Å². The molecule has 0 aliphatic rings. The minimum atomic E-state index is -2.80. The number of aromatic nitrogens is 4. The molecule has 0 unspecified atom stereocenters. The van der Waals surface area contributed by atoms with Crippen molar-refractivity contribution in [3.05, 3.63) is 52.6 Å². The van der Waals surface area contributed by atoms with Crippen molar-refractivity contribution < 1.29 is 23.1 Å². The van der Waals surface area contributed by atoms with Crippen LogP contribution in [0.4, 0.5) is 14.5 Å². The summed E-state index contributed by atoms with van der Waals surface area (Å²) in [6.07, 6.45) is -2.80. The third-order valence-electron chi connectivity index (χ3n) is 3.80. The van der Waals surface area contributed by atoms with Crippen molar-refractivity contribution in [3.63, 3.8) is 0 Å². The molecule has 0 saturated heterocycles. The van der Waals surface area contributed by atoms with Gasteiger partial charge < -0.3 is 10.1 Å². The van der Waals surface area contributed by atoms with E-state index in [1.54, 1.807) is 26.0 Å². The van der Waals surface area contributed by atoms with E-state index in [4.69, 9.17) is 0 Å². The van der Waals surface area contributed by atoms with Crippen LogP contribution in [0.15, 0.2) is 24.3 Å². The number of benzene rings is 1. The topological polar surface area (TPSA) is 98.5 Å². The van der Waals surface area contributed by atoms with Crippen LogP contribution in [0, 0.1) is 13.8 Å². The number of fused-ring (bicyclic) bond motifs is 1. The molecule has 140 valence electrons. The van der Waals surface area contributed by atoms with E-state index in [-0.39, 0.29) is 17.2 Å². The van der Waals surface area contributed by atoms with Gasteiger partial charge in [0, 0.05) is 11.4 Å². The maximum absolute atomic E-state index is 13.2. The number of hydrogen-bond acceptors (Lipinski definition) is 6. The summed E-state index contributed by atoms with van der Waals surface area (Å²) in [5, 5.41) is 6.40. The zero-order chi connectivity index (χ0) is 19.7. The number of rotatable bonds is 4. The lowest BCUT2D eigenvalue weighted by Gasteiger charge is -2.08. The quantitative estimate of drug-likeness (QED) is 0.704. The highest BCUT2D eigenvalue weighted by Crippen LogP contribution is 2.21. The summed E-state index contributed by atoms with van der Waals surface area (Å²) in [7, 11) is 1.25. The summed E-state index contributed by atoms with van der Waals surface area (Å²) in [6, 6.07) is 5.82. The van der Waals surface area contributed by atoms with Gasteiger partial charge in [0.1, 0.15) is 5.69 Å². The second kappa shape index (κ2) is 7.06. The second-order valence-electron chi connectivity index (χ2n) is 5.75. The van der Waals surface area contributed by atoms with Crippen molar-refractivity contribution in [2.24, 2.45) is 0 Å². The Morgan fingerprint density at radius 2 is 1.93 bits per heavy atom. The van der Waals surface area contributed by atoms with E-state index in [2.05, 4.69) is 25.1 Å². The van der Waals surface area contributed by atoms with Gasteiger partial charge in [-0.2, -0.15) is 9.50 Å². The van der Waals surface area contributed by atoms with Gasteiger partial charge in [0.05, 0.1) is 12.7 Å². The van der Waals surface area contributed by atoms with E-state index >= 15 is 0 Å². The first-order chi connectivity index (χ1) is 12.8. The molecule has 10 heteroatoms. The number of halogens is 2. The number of carbonyl (C=O) groups excluding carboxylic acids is 2. The standard InChI is InChI=1S/C17H15F2N5O3/c1-8-4-5-10(16(26)27-3)7-11(8)21-15(25)14-22-17-20-9(2)6-12(13(18)19)24(17)23-14/h4-7,13H,1-3H3,(H,21,25). The van der Waals surface area contributed by atoms with Crippen molar-refractivity contribution in [1.29, 1.82) is 0 Å². The van der Waals surface area contributed by atoms with Gasteiger partial charge in [-0.15, -0.1) is 5.10 Å². The Balaban J connectivity index is 1.95. The number of ether oxygens (including phenoxy) is 1. The van der Waals surface area contributed by atoms with Crippen molar-refractivity contribution in [2.75, 3.05) is 12.4 Å². The van der Waals surface area contributed by atoms with Gasteiger partial charge in [-0.3, -0.25) is 4.79 Å². The zero-order valence-electron chi connectivity index (χ0n) is 14.7. The van der Waals surface area contributed by atoms with Crippen LogP contribution in [0.2, 0.25) is 0 Å². The van der Waals surface area contributed by atoms with E-state index in [1.807, 2.05) is 0 Å². The lowest BCUT2D eigenvalue weighted by atomic mass is 10.1. The van der Waals surface area contributed by atoms with Gasteiger partial charge >= 0.3 is 5.97 Å². The molecule has 3 rings (SSSR count). The molecule has 0 aliphatic carbocycles. The highest BCUT2D eigenvalue weighted by molar-refractivity contribution is 6.03. The van der Waals surface area contributed by atoms with Crippen LogP contribution in [0.3, 0.4) is 0 Å². The van der Waals surface area contributed by atoms with Crippen LogP contribution in [0.1, 0.15) is 44.4 Å². The highest BCUT2D eigenvalue weighted by atomic mass is 19.3. The van der Waals surface area contributed by atoms with Crippen molar-refractivity contribution in [3.8, 4) is 0 Å². The molecule has 0 saturated carbocycles. The third-order valence-corrected chi connectivity index (χ3v) is 3.80. The van der Waals surface area contributed by atoms with Crippen molar-refractivity contribution in [2.45, 2.75) is 20.3 Å². The van der Waals surface area contributed by atoms with Crippen LogP contribution in [-0.2, 0) is 4.74 Å². The maximum atomic E-state index is 13.2. The number of carbonyl (C=O) groups is 2. The Kier molecular flexibility index (Phi) is 4.80. The molecule has 1 aromatic carbocycles. The highest BCUT2D eigenvalue weighted by Gasteiger charge is 2.20. The molecular weight excluding hydrogens is 360 g/mol. The van der Waals surface area contributed by atoms with E-state index in [9.17, 15) is 18.4 Å². The molecular formula is C17H15F2N5O3. The molecule has 8 nitrogen and oxygen atoms in total. The molecule has 2 heterocycles. The van der Waals surface area contributed by atoms with Crippen LogP contribution >= 0.6 is 0 Å². The van der Waals surface area contributed by atoms with Crippen LogP contribution < -0.4 is 5.32 Å². The average molecular weight is 375 g/mol. The second-order valence-corrected chi connectivity index (χ2v) is 5.75. The van der Waals surface area contributed by atoms with Crippen molar-refractivity contribution in [1.82, 2.24) is 19.6 Å². The summed E-state index contributed by atoms with van der Waals surface area (Å²) in [5.74, 6) is -1.70. The molecule has 0 atom stereocenters. The molecule has 27 heavy (non-hydrogen) atoms. The number of aryl methyl sites for hydroxylation is 2. The maximum Gasteiger partial charge on any atom is 0.337 e. The number of anilines is 1. The van der Waals surface area contributed by atoms with Gasteiger partial charge in [-0.25, -0.2) is 18.6 Å². The first-order valence-electron chi connectivity index (χ1n) is 7.83. The fraction of sp³-hybridized carbons (Fsp3) is 0.235. The van der Waals surface area contributed by atoms with Crippen LogP contribution in [-0.4, -0.2) is 38.6 Å². The Bertz CT molecular complexity index is 1050. The average Bonchev–Trinajstić information content (AvgIpc) is 3.05. The first kappa shape index (κ1) is 18.4. The number of nitrogens with one attached hydrogen (secondary N) is 1. The Hall–Kier alpha value is -3.43. The Morgan fingerprint density at radius 1 is 1.19 bits per heavy atom. The van der Waals surface area contributed by atoms with Gasteiger partial charge in [0.15, 0.2) is 0 Å². The third kappa shape index (κ3) is 3.59. The molecule has 1 N–H and O–H groups in total. The molecule has 0 bridgehead atoms. The summed E-state index contributed by atoms with van der Waals surface area (Å²) in [5.41, 5.74) is 1.20. The van der Waals surface area contributed by atoms with Gasteiger partial charge in [-0.05, 0) is 37.6 Å². The molecule has 0 aliphatic heterocycles. The number of hydrogen-bond donors (Lipinski definition) is 1. The largest absolute Gasteiger partial charge is 0.465 e. The summed E-state index contributed by atoms with van der Waals surface area (Å²) < 4.78 is 31.8. The fourth-order valence-corrected chi connectivity index (χ4v) is 2.45. The minimum Gasteiger partial charge on any atom is -0.465 e. The van der Waals surface area contributed by atoms with E-state index in [0.29, 0.717) is 16.9 Å². The molecule has 0 radical (unpaired) electrons. The van der Waals surface area contributed by atoms with Crippen LogP contribution in [0.25, 0.3) is 5.78 Å². The molecule has 1 amide bonds. The normalized spacial score (nSPS) is 11.0. The van der Waals surface area contributed by atoms with Gasteiger partial charge in [-0.1, -0.05) is 6.07 Å². The molecule has 0 spiro atoms. The predicted molar refractivity (Wildman–Crippen MR) is 90.9 cm³/mol. The zero-order valence-corrected chi connectivity index (χ0v) is 14.7. The van der Waals surface area contributed by atoms with E-state index < -0.39 is 24.0 Å². The molecule has 0 fully saturated rings. The van der Waals surface area contributed by atoms with E-state index in [1.165, 1.54) is 19.2 Å². The smallest absolute Gasteiger partial charge is 0.337 e. The molecule has 2 aromatic heterocycles. The first-order valence-corrected chi connectivity index (χ1v) is 7.83. The summed E-state index contributed by atoms with van der Waals surface area (Å²) in [6.45, 7) is 3.27. The number of alkyl halides is 2. The molecule has 3 aromatic rings. The summed E-state index contributed by atoms with van der Waals surface area (Å²) in [4.78, 5) is 32.0. The summed E-state index contributed by atoms with van der Waals surface area (Å²) >= 11 is 0. The lowest BCUT2D eigenvalue weighted by Crippen LogP contribution is -2.15. The number of methoxy groups -OCH3 is 1. The number of amides is 1.